The molecule has 0 amide bonds. The Morgan fingerprint density at radius 1 is 0.353 bits per heavy atom. The van der Waals surface area contributed by atoms with E-state index in [-0.39, 0.29) is 0 Å². The summed E-state index contributed by atoms with van der Waals surface area (Å²) in [5.74, 6) is -23.7. The number of ether oxygens (including phenoxy) is 3. The predicted molar refractivity (Wildman–Crippen MR) is 146 cm³/mol. The Balaban J connectivity index is 2.20. The summed E-state index contributed by atoms with van der Waals surface area (Å²) in [5.41, 5.74) is -9.51. The molecule has 0 aliphatic carbocycles. The molecule has 0 fully saturated rings. The van der Waals surface area contributed by atoms with Crippen LogP contribution in [-0.2, 0) is 87.1 Å². The number of methoxy groups -OCH3 is 3. The van der Waals surface area contributed by atoms with Gasteiger partial charge in [0.05, 0.1) is 0 Å². The van der Waals surface area contributed by atoms with Crippen LogP contribution in [0.1, 0.15) is 54.2 Å². The third-order valence-corrected chi connectivity index (χ3v) is 12.6. The summed E-state index contributed by atoms with van der Waals surface area (Å²) >= 11 is -6.67. The van der Waals surface area contributed by atoms with Crippen molar-refractivity contribution in [3.8, 4) is 0 Å². The van der Waals surface area contributed by atoms with Crippen molar-refractivity contribution in [1.82, 2.24) is 0 Å². The third kappa shape index (κ3) is 9.33. The second-order valence-electron chi connectivity index (χ2n) is 11.5. The molecule has 3 aromatic carbocycles. The van der Waals surface area contributed by atoms with Crippen LogP contribution in [-0.4, -0.2) is 26.9 Å². The van der Waals surface area contributed by atoms with Gasteiger partial charge in [0, 0.05) is 0 Å². The van der Waals surface area contributed by atoms with E-state index in [1.807, 2.05) is 0 Å². The van der Waals surface area contributed by atoms with Gasteiger partial charge in [-0.3, -0.25) is 0 Å². The molecule has 0 atom stereocenters. The number of rotatable bonds is 16. The summed E-state index contributed by atoms with van der Waals surface area (Å²) in [5, 5.41) is 0. The summed E-state index contributed by atoms with van der Waals surface area (Å²) in [6.07, 6.45) is 0. The second-order valence-corrected chi connectivity index (χ2v) is 16.6. The van der Waals surface area contributed by atoms with E-state index in [0.29, 0.717) is 0 Å². The Morgan fingerprint density at radius 3 is 0.686 bits per heavy atom. The molecule has 0 N–H and O–H groups in total. The van der Waals surface area contributed by atoms with Gasteiger partial charge in [0.15, 0.2) is 0 Å². The summed E-state index contributed by atoms with van der Waals surface area (Å²) in [7, 11) is 2.91. The third-order valence-electron chi connectivity index (χ3n) is 6.81. The van der Waals surface area contributed by atoms with E-state index >= 15 is 26.3 Å². The van der Waals surface area contributed by atoms with Crippen LogP contribution in [0.2, 0.25) is 0 Å². The topological polar surface area (TPSA) is 64.6 Å². The Labute approximate surface area is 290 Å². The van der Waals surface area contributed by atoms with Crippen molar-refractivity contribution in [2.45, 2.75) is 66.0 Å². The zero-order valence-corrected chi connectivity index (χ0v) is 30.1. The number of hydrogen-bond acceptors (Lipinski definition) is 7. The number of benzene rings is 3. The van der Waals surface area contributed by atoms with Gasteiger partial charge in [0.25, 0.3) is 0 Å². The molecular weight excluding hydrogens is 804 g/mol. The van der Waals surface area contributed by atoms with Crippen molar-refractivity contribution in [2.75, 3.05) is 21.3 Å². The molecule has 0 aliphatic heterocycles. The molecule has 0 aliphatic rings. The fourth-order valence-electron chi connectivity index (χ4n) is 4.43. The van der Waals surface area contributed by atoms with E-state index < -0.39 is 170 Å². The molecule has 0 spiro atoms. The van der Waals surface area contributed by atoms with E-state index in [2.05, 4.69) is 14.2 Å². The molecule has 51 heavy (non-hydrogen) atoms. The van der Waals surface area contributed by atoms with Crippen LogP contribution >= 0.6 is 0 Å². The second kappa shape index (κ2) is 17.5. The first-order chi connectivity index (χ1) is 23.8. The molecule has 0 bridgehead atoms. The van der Waals surface area contributed by atoms with E-state index in [1.54, 1.807) is 0 Å². The van der Waals surface area contributed by atoms with E-state index in [0.717, 1.165) is 21.3 Å². The van der Waals surface area contributed by atoms with Crippen LogP contribution in [0, 0.1) is 69.8 Å². The Morgan fingerprint density at radius 2 is 0.529 bits per heavy atom. The average Bonchev–Trinajstić information content (AvgIpc) is 3.07. The fourth-order valence-corrected chi connectivity index (χ4v) is 9.69. The average molecular weight is 834 g/mol. The van der Waals surface area contributed by atoms with Crippen LogP contribution in [0.25, 0.3) is 0 Å². The normalized spacial score (nSPS) is 12.4. The van der Waals surface area contributed by atoms with Gasteiger partial charge in [-0.15, -0.1) is 0 Å². The van der Waals surface area contributed by atoms with Crippen molar-refractivity contribution < 1.29 is 100 Å². The minimum atomic E-state index is -6.67. The first-order valence-corrected chi connectivity index (χ1v) is 18.4. The molecular formula is C31H30F12O7Zr. The molecule has 3 rings (SSSR count). The molecule has 0 heterocycles. The van der Waals surface area contributed by atoms with E-state index in [9.17, 15) is 26.3 Å². The Hall–Kier alpha value is -2.58. The first-order valence-electron chi connectivity index (χ1n) is 14.4. The molecule has 0 unspecified atom stereocenters. The monoisotopic (exact) mass is 832 g/mol. The molecule has 3 aromatic rings. The maximum atomic E-state index is 15.0. The van der Waals surface area contributed by atoms with Gasteiger partial charge in [-0.25, -0.2) is 0 Å². The minimum absolute atomic E-state index is 0.921. The molecule has 7 nitrogen and oxygen atoms in total. The summed E-state index contributed by atoms with van der Waals surface area (Å²) < 4.78 is 214. The number of hydrogen-bond donors (Lipinski definition) is 0. The zero-order valence-electron chi connectivity index (χ0n) is 27.6. The maximum absolute atomic E-state index is 15.0. The Bertz CT molecular complexity index is 1480. The van der Waals surface area contributed by atoms with E-state index in [4.69, 9.17) is 11.3 Å². The molecule has 0 radical (unpaired) electrons. The van der Waals surface area contributed by atoms with Gasteiger partial charge in [-0.1, -0.05) is 0 Å². The van der Waals surface area contributed by atoms with Crippen molar-refractivity contribution in [3.63, 3.8) is 0 Å². The van der Waals surface area contributed by atoms with Crippen molar-refractivity contribution >= 4 is 0 Å². The molecule has 0 saturated heterocycles. The van der Waals surface area contributed by atoms with Crippen LogP contribution in [0.5, 0.6) is 0 Å². The van der Waals surface area contributed by atoms with Gasteiger partial charge in [-0.2, -0.15) is 0 Å². The van der Waals surface area contributed by atoms with Crippen molar-refractivity contribution in [1.29, 1.82) is 0 Å². The van der Waals surface area contributed by atoms with Crippen LogP contribution in [0.4, 0.5) is 52.7 Å². The summed E-state index contributed by atoms with van der Waals surface area (Å²) in [4.78, 5) is 0. The molecule has 0 saturated carbocycles. The van der Waals surface area contributed by atoms with Crippen LogP contribution in [0.15, 0.2) is 0 Å². The molecule has 0 aromatic heterocycles. The summed E-state index contributed by atoms with van der Waals surface area (Å²) in [6.45, 7) is -3.76. The zero-order chi connectivity index (χ0) is 38.6. The van der Waals surface area contributed by atoms with Gasteiger partial charge < -0.3 is 0 Å². The van der Waals surface area contributed by atoms with Gasteiger partial charge in [0.2, 0.25) is 0 Å². The van der Waals surface area contributed by atoms with Crippen LogP contribution < -0.4 is 0 Å². The van der Waals surface area contributed by atoms with Gasteiger partial charge in [-0.05, 0) is 0 Å². The Kier molecular flexibility index (Phi) is 14.7. The van der Waals surface area contributed by atoms with E-state index in [1.165, 1.54) is 20.8 Å². The fraction of sp³-hybridized carbons (Fsp3) is 0.419. The standard InChI is InChI=1S/3C9H7F4O2.C4H9O.Zr/c3*1-15-3-5-8(12)6(10)4(2-14)7(11)9(5)13;1-4(2,3)5;/h3*2-3H2,1H3;1-3H3;/q4*-1;+4. The van der Waals surface area contributed by atoms with Gasteiger partial charge in [0.1, 0.15) is 0 Å². The quantitative estimate of drug-likeness (QED) is 0.106. The van der Waals surface area contributed by atoms with Gasteiger partial charge >= 0.3 is 291 Å². The van der Waals surface area contributed by atoms with Crippen molar-refractivity contribution in [2.24, 2.45) is 0 Å². The summed E-state index contributed by atoms with van der Waals surface area (Å²) in [6, 6.07) is 0. The van der Waals surface area contributed by atoms with Crippen molar-refractivity contribution in [3.05, 3.63) is 103 Å². The van der Waals surface area contributed by atoms with Crippen LogP contribution in [0.3, 0.4) is 0 Å². The molecule has 284 valence electrons. The molecule has 20 heteroatoms. The predicted octanol–water partition coefficient (Wildman–Crippen LogP) is 8.37. The SMILES string of the molecule is COCc1c(F)c(F)c(C[O][Zr]([O]Cc2c(F)c(F)c(COC)c(F)c2F)([O]Cc2c(F)c(F)c(COC)c(F)c2F)[O]C(C)(C)C)c(F)c1F. The first kappa shape index (κ1) is 42.8. The number of halogens is 12.